The minimum absolute atomic E-state index is 0.254. The van der Waals surface area contributed by atoms with Crippen molar-refractivity contribution in [1.82, 2.24) is 0 Å². The zero-order valence-corrected chi connectivity index (χ0v) is 12.2. The lowest BCUT2D eigenvalue weighted by Crippen LogP contribution is -2.03. The van der Waals surface area contributed by atoms with E-state index in [-0.39, 0.29) is 12.1 Å². The molecule has 0 aliphatic carbocycles. The van der Waals surface area contributed by atoms with E-state index in [1.807, 2.05) is 36.4 Å². The fourth-order valence-electron chi connectivity index (χ4n) is 2.26. The lowest BCUT2D eigenvalue weighted by atomic mass is 9.99. The zero-order valence-electron chi connectivity index (χ0n) is 9.90. The maximum atomic E-state index is 11.8. The Balaban J connectivity index is 1.94. The van der Waals surface area contributed by atoms with Crippen molar-refractivity contribution in [2.24, 2.45) is 0 Å². The predicted molar refractivity (Wildman–Crippen MR) is 77.5 cm³/mol. The van der Waals surface area contributed by atoms with Crippen molar-refractivity contribution in [2.75, 3.05) is 0 Å². The summed E-state index contributed by atoms with van der Waals surface area (Å²) < 4.78 is 6.30. The van der Waals surface area contributed by atoms with Gasteiger partial charge in [-0.05, 0) is 23.8 Å². The fraction of sp³-hybridized carbons (Fsp3) is 0.133. The first-order valence-electron chi connectivity index (χ1n) is 5.89. The third kappa shape index (κ3) is 2.40. The average Bonchev–Trinajstić information content (AvgIpc) is 2.69. The van der Waals surface area contributed by atoms with Crippen molar-refractivity contribution >= 4 is 33.5 Å². The van der Waals surface area contributed by atoms with Gasteiger partial charge in [0.15, 0.2) is 0 Å². The second-order valence-corrected chi connectivity index (χ2v) is 5.74. The van der Waals surface area contributed by atoms with Gasteiger partial charge in [0.1, 0.15) is 6.10 Å². The minimum Gasteiger partial charge on any atom is -0.454 e. The van der Waals surface area contributed by atoms with E-state index >= 15 is 0 Å². The molecule has 1 heterocycles. The van der Waals surface area contributed by atoms with E-state index < -0.39 is 0 Å². The van der Waals surface area contributed by atoms with Gasteiger partial charge in [-0.25, -0.2) is 4.79 Å². The van der Waals surface area contributed by atoms with Crippen LogP contribution in [0.15, 0.2) is 46.9 Å². The van der Waals surface area contributed by atoms with Crippen LogP contribution in [0.25, 0.3) is 0 Å². The summed E-state index contributed by atoms with van der Waals surface area (Å²) >= 11 is 9.51. The number of hydrogen-bond donors (Lipinski definition) is 0. The second-order valence-electron chi connectivity index (χ2n) is 4.42. The van der Waals surface area contributed by atoms with Crippen molar-refractivity contribution in [3.63, 3.8) is 0 Å². The molecule has 4 heteroatoms. The van der Waals surface area contributed by atoms with Gasteiger partial charge in [-0.1, -0.05) is 51.8 Å². The van der Waals surface area contributed by atoms with Crippen molar-refractivity contribution in [2.45, 2.75) is 12.5 Å². The molecule has 19 heavy (non-hydrogen) atoms. The predicted octanol–water partition coefficient (Wildman–Crippen LogP) is 4.56. The number of carbonyl (C=O) groups is 1. The van der Waals surface area contributed by atoms with Gasteiger partial charge < -0.3 is 4.74 Å². The number of fused-ring (bicyclic) bond motifs is 1. The zero-order chi connectivity index (χ0) is 13.4. The normalized spacial score (nSPS) is 17.2. The van der Waals surface area contributed by atoms with Gasteiger partial charge in [-0.3, -0.25) is 0 Å². The fourth-order valence-corrected chi connectivity index (χ4v) is 2.83. The summed E-state index contributed by atoms with van der Waals surface area (Å²) in [5.41, 5.74) is 2.54. The number of carbonyl (C=O) groups excluding carboxylic acids is 1. The maximum absolute atomic E-state index is 11.8. The Morgan fingerprint density at radius 2 is 2.00 bits per heavy atom. The first kappa shape index (κ1) is 12.7. The number of halogens is 2. The molecule has 2 aromatic rings. The van der Waals surface area contributed by atoms with Crippen molar-refractivity contribution < 1.29 is 9.53 Å². The minimum atomic E-state index is -0.270. The molecule has 1 aliphatic rings. The monoisotopic (exact) mass is 336 g/mol. The first-order valence-corrected chi connectivity index (χ1v) is 7.06. The summed E-state index contributed by atoms with van der Waals surface area (Å²) in [5, 5.41) is 0.698. The smallest absolute Gasteiger partial charge is 0.339 e. The molecule has 0 aromatic heterocycles. The van der Waals surface area contributed by atoms with E-state index in [0.29, 0.717) is 17.0 Å². The number of cyclic esters (lactones) is 1. The summed E-state index contributed by atoms with van der Waals surface area (Å²) in [6.07, 6.45) is 0.343. The Morgan fingerprint density at radius 3 is 2.79 bits per heavy atom. The lowest BCUT2D eigenvalue weighted by Gasteiger charge is -2.11. The molecule has 1 atom stereocenters. The highest BCUT2D eigenvalue weighted by atomic mass is 79.9. The molecule has 0 bridgehead atoms. The topological polar surface area (TPSA) is 26.3 Å². The first-order chi connectivity index (χ1) is 9.15. The standard InChI is InChI=1S/C15H10BrClO2/c16-10-5-6-11-12(8-10)15(18)19-14(11)7-9-3-1-2-4-13(9)17/h1-6,8,14H,7H2. The van der Waals surface area contributed by atoms with Gasteiger partial charge >= 0.3 is 5.97 Å². The molecular weight excluding hydrogens is 328 g/mol. The van der Waals surface area contributed by atoms with Crippen LogP contribution in [0.1, 0.15) is 27.6 Å². The quantitative estimate of drug-likeness (QED) is 0.751. The lowest BCUT2D eigenvalue weighted by molar-refractivity contribution is 0.0387. The largest absolute Gasteiger partial charge is 0.454 e. The number of benzene rings is 2. The summed E-state index contributed by atoms with van der Waals surface area (Å²) in [6, 6.07) is 13.2. The van der Waals surface area contributed by atoms with Crippen LogP contribution >= 0.6 is 27.5 Å². The molecule has 0 N–H and O–H groups in total. The van der Waals surface area contributed by atoms with Gasteiger partial charge in [0.05, 0.1) is 5.56 Å². The Hall–Kier alpha value is -1.32. The van der Waals surface area contributed by atoms with Crippen molar-refractivity contribution in [1.29, 1.82) is 0 Å². The molecular formula is C15H10BrClO2. The van der Waals surface area contributed by atoms with Gasteiger partial charge in [0, 0.05) is 21.5 Å². The molecule has 0 spiro atoms. The number of ether oxygens (including phenoxy) is 1. The van der Waals surface area contributed by atoms with Crippen molar-refractivity contribution in [3.05, 3.63) is 68.7 Å². The Kier molecular flexibility index (Phi) is 3.33. The molecule has 1 aliphatic heterocycles. The summed E-state index contributed by atoms with van der Waals surface area (Å²) in [6.45, 7) is 0. The summed E-state index contributed by atoms with van der Waals surface area (Å²) in [4.78, 5) is 11.8. The highest BCUT2D eigenvalue weighted by Crippen LogP contribution is 2.35. The van der Waals surface area contributed by atoms with Gasteiger partial charge in [0.2, 0.25) is 0 Å². The van der Waals surface area contributed by atoms with E-state index in [0.717, 1.165) is 15.6 Å². The average molecular weight is 338 g/mol. The number of esters is 1. The molecule has 96 valence electrons. The maximum Gasteiger partial charge on any atom is 0.339 e. The molecule has 0 radical (unpaired) electrons. The SMILES string of the molecule is O=C1OC(Cc2ccccc2Cl)c2ccc(Br)cc21. The molecule has 2 aromatic carbocycles. The van der Waals surface area contributed by atoms with Crippen LogP contribution in [-0.2, 0) is 11.2 Å². The second kappa shape index (κ2) is 4.99. The highest BCUT2D eigenvalue weighted by Gasteiger charge is 2.31. The van der Waals surface area contributed by atoms with E-state index in [1.165, 1.54) is 0 Å². The van der Waals surface area contributed by atoms with E-state index in [9.17, 15) is 4.79 Å². The molecule has 1 unspecified atom stereocenters. The molecule has 0 saturated heterocycles. The molecule has 2 nitrogen and oxygen atoms in total. The van der Waals surface area contributed by atoms with Gasteiger partial charge in [-0.15, -0.1) is 0 Å². The Labute approximate surface area is 124 Å². The van der Waals surface area contributed by atoms with Crippen LogP contribution in [0, 0.1) is 0 Å². The van der Waals surface area contributed by atoms with Crippen LogP contribution in [-0.4, -0.2) is 5.97 Å². The molecule has 3 rings (SSSR count). The van der Waals surface area contributed by atoms with Crippen LogP contribution in [0.5, 0.6) is 0 Å². The summed E-state index contributed by atoms with van der Waals surface area (Å²) in [7, 11) is 0. The Bertz CT molecular complexity index is 654. The third-order valence-electron chi connectivity index (χ3n) is 3.19. The highest BCUT2D eigenvalue weighted by molar-refractivity contribution is 9.10. The van der Waals surface area contributed by atoms with Crippen LogP contribution in [0.3, 0.4) is 0 Å². The van der Waals surface area contributed by atoms with Crippen molar-refractivity contribution in [3.8, 4) is 0 Å². The third-order valence-corrected chi connectivity index (χ3v) is 4.06. The van der Waals surface area contributed by atoms with Crippen LogP contribution in [0.4, 0.5) is 0 Å². The van der Waals surface area contributed by atoms with E-state index in [1.54, 1.807) is 6.07 Å². The van der Waals surface area contributed by atoms with E-state index in [2.05, 4.69) is 15.9 Å². The summed E-state index contributed by atoms with van der Waals surface area (Å²) in [5.74, 6) is -0.270. The van der Waals surface area contributed by atoms with Crippen LogP contribution in [0.2, 0.25) is 5.02 Å². The van der Waals surface area contributed by atoms with E-state index in [4.69, 9.17) is 16.3 Å². The van der Waals surface area contributed by atoms with Gasteiger partial charge in [-0.2, -0.15) is 0 Å². The molecule has 0 amide bonds. The van der Waals surface area contributed by atoms with Gasteiger partial charge in [0.25, 0.3) is 0 Å². The number of hydrogen-bond acceptors (Lipinski definition) is 2. The van der Waals surface area contributed by atoms with Crippen LogP contribution < -0.4 is 0 Å². The Morgan fingerprint density at radius 1 is 1.21 bits per heavy atom. The molecule has 0 fully saturated rings. The molecule has 0 saturated carbocycles. The number of rotatable bonds is 2.